The Bertz CT molecular complexity index is 1450. The number of carbonyl (C=O) groups is 3. The number of aliphatic carboxylic acids is 1. The van der Waals surface area contributed by atoms with Crippen molar-refractivity contribution < 1.29 is 29.7 Å². The number of phenols is 2. The van der Waals surface area contributed by atoms with Gasteiger partial charge in [-0.3, -0.25) is 9.59 Å². The van der Waals surface area contributed by atoms with E-state index in [1.807, 2.05) is 24.3 Å². The van der Waals surface area contributed by atoms with E-state index in [0.717, 1.165) is 22.0 Å². The lowest BCUT2D eigenvalue weighted by Gasteiger charge is -2.23. The highest BCUT2D eigenvalue weighted by Crippen LogP contribution is 2.19. The first-order valence-electron chi connectivity index (χ1n) is 12.4. The molecule has 1 heterocycles. The van der Waals surface area contributed by atoms with Crippen LogP contribution in [0.4, 0.5) is 0 Å². The van der Waals surface area contributed by atoms with Gasteiger partial charge in [0.15, 0.2) is 0 Å². The molecule has 0 aliphatic rings. The number of aromatic nitrogens is 1. The van der Waals surface area contributed by atoms with Gasteiger partial charge >= 0.3 is 5.97 Å². The average Bonchev–Trinajstić information content (AvgIpc) is 3.33. The Hall–Kier alpha value is -4.83. The van der Waals surface area contributed by atoms with Crippen LogP contribution in [0.25, 0.3) is 10.9 Å². The first-order chi connectivity index (χ1) is 18.7. The summed E-state index contributed by atoms with van der Waals surface area (Å²) < 4.78 is 0. The minimum atomic E-state index is -1.25. The van der Waals surface area contributed by atoms with Gasteiger partial charge in [0, 0.05) is 29.9 Å². The van der Waals surface area contributed by atoms with Gasteiger partial charge in [0.1, 0.15) is 23.6 Å². The molecule has 0 aliphatic carbocycles. The minimum absolute atomic E-state index is 0.0331. The molecule has 202 valence electrons. The normalized spacial score (nSPS) is 13.4. The molecule has 2 amide bonds. The number of hydrogen-bond donors (Lipinski definition) is 7. The van der Waals surface area contributed by atoms with E-state index in [4.69, 9.17) is 5.73 Å². The summed E-state index contributed by atoms with van der Waals surface area (Å²) in [5.74, 6) is -2.36. The lowest BCUT2D eigenvalue weighted by Crippen LogP contribution is -2.55. The predicted molar refractivity (Wildman–Crippen MR) is 145 cm³/mol. The van der Waals surface area contributed by atoms with Gasteiger partial charge in [-0.2, -0.15) is 0 Å². The van der Waals surface area contributed by atoms with Crippen LogP contribution in [-0.4, -0.2) is 56.2 Å². The Labute approximate surface area is 224 Å². The number of para-hydroxylation sites is 1. The summed E-state index contributed by atoms with van der Waals surface area (Å²) in [4.78, 5) is 41.5. The number of phenolic OH excluding ortho intramolecular Hbond substituents is 2. The number of amides is 2. The van der Waals surface area contributed by atoms with Crippen molar-refractivity contribution in [2.45, 2.75) is 37.4 Å². The molecule has 10 heteroatoms. The molecule has 4 aromatic rings. The van der Waals surface area contributed by atoms with Crippen molar-refractivity contribution in [2.75, 3.05) is 0 Å². The monoisotopic (exact) mass is 530 g/mol. The number of aromatic amines is 1. The zero-order valence-corrected chi connectivity index (χ0v) is 21.0. The molecule has 39 heavy (non-hydrogen) atoms. The standard InChI is InChI=1S/C29H30N4O6/c30-23(13-17-5-9-20(34)10-6-17)27(36)32-25(14-18-7-11-21(35)12-8-18)28(37)33-26(29(38)39)15-19-16-31-24-4-2-1-3-22(19)24/h1-12,16,23,25-26,31,34-35H,13-15,30H2,(H,32,36)(H,33,37)(H,38,39). The number of aromatic hydroxyl groups is 2. The molecule has 0 radical (unpaired) electrons. The van der Waals surface area contributed by atoms with Crippen LogP contribution in [0, 0.1) is 0 Å². The number of carboxylic acids is 1. The van der Waals surface area contributed by atoms with E-state index >= 15 is 0 Å². The van der Waals surface area contributed by atoms with Crippen LogP contribution >= 0.6 is 0 Å². The van der Waals surface area contributed by atoms with Crippen molar-refractivity contribution in [3.63, 3.8) is 0 Å². The molecule has 3 atom stereocenters. The molecule has 3 aromatic carbocycles. The highest BCUT2D eigenvalue weighted by Gasteiger charge is 2.29. The summed E-state index contributed by atoms with van der Waals surface area (Å²) in [6, 6.07) is 16.5. The zero-order chi connectivity index (χ0) is 27.9. The third kappa shape index (κ3) is 7.14. The second kappa shape index (κ2) is 12.1. The summed E-state index contributed by atoms with van der Waals surface area (Å²) in [7, 11) is 0. The van der Waals surface area contributed by atoms with E-state index in [-0.39, 0.29) is 30.8 Å². The molecule has 3 unspecified atom stereocenters. The molecule has 0 saturated heterocycles. The third-order valence-corrected chi connectivity index (χ3v) is 6.45. The molecule has 10 nitrogen and oxygen atoms in total. The Morgan fingerprint density at radius 3 is 1.92 bits per heavy atom. The molecule has 0 saturated carbocycles. The van der Waals surface area contributed by atoms with Crippen molar-refractivity contribution in [1.82, 2.24) is 15.6 Å². The molecule has 0 spiro atoms. The SMILES string of the molecule is NC(Cc1ccc(O)cc1)C(=O)NC(Cc1ccc(O)cc1)C(=O)NC(Cc1c[nH]c2ccccc12)C(=O)O. The second-order valence-corrected chi connectivity index (χ2v) is 9.37. The number of rotatable bonds is 11. The van der Waals surface area contributed by atoms with Gasteiger partial charge in [-0.05, 0) is 53.4 Å². The number of carboxylic acid groups (broad SMARTS) is 1. The van der Waals surface area contributed by atoms with Crippen LogP contribution in [0.2, 0.25) is 0 Å². The maximum atomic E-state index is 13.4. The number of nitrogens with two attached hydrogens (primary N) is 1. The summed E-state index contributed by atoms with van der Waals surface area (Å²) in [5, 5.41) is 35.0. The van der Waals surface area contributed by atoms with Gasteiger partial charge in [-0.15, -0.1) is 0 Å². The van der Waals surface area contributed by atoms with Crippen LogP contribution in [0.3, 0.4) is 0 Å². The minimum Gasteiger partial charge on any atom is -0.508 e. The van der Waals surface area contributed by atoms with Crippen molar-refractivity contribution in [3.8, 4) is 11.5 Å². The number of H-pyrrole nitrogens is 1. The topological polar surface area (TPSA) is 178 Å². The number of benzene rings is 3. The Morgan fingerprint density at radius 2 is 1.31 bits per heavy atom. The maximum Gasteiger partial charge on any atom is 0.326 e. The fourth-order valence-electron chi connectivity index (χ4n) is 4.33. The average molecular weight is 531 g/mol. The molecular formula is C29H30N4O6. The van der Waals surface area contributed by atoms with Gasteiger partial charge < -0.3 is 36.7 Å². The van der Waals surface area contributed by atoms with Crippen LogP contribution in [-0.2, 0) is 33.6 Å². The Morgan fingerprint density at radius 1 is 0.744 bits per heavy atom. The largest absolute Gasteiger partial charge is 0.508 e. The third-order valence-electron chi connectivity index (χ3n) is 6.45. The quantitative estimate of drug-likeness (QED) is 0.155. The highest BCUT2D eigenvalue weighted by atomic mass is 16.4. The van der Waals surface area contributed by atoms with Crippen molar-refractivity contribution in [2.24, 2.45) is 5.73 Å². The Balaban J connectivity index is 1.50. The van der Waals surface area contributed by atoms with Crippen molar-refractivity contribution in [3.05, 3.63) is 95.7 Å². The van der Waals surface area contributed by atoms with E-state index in [1.54, 1.807) is 30.5 Å². The fourth-order valence-corrected chi connectivity index (χ4v) is 4.33. The first kappa shape index (κ1) is 27.2. The van der Waals surface area contributed by atoms with E-state index in [9.17, 15) is 29.7 Å². The van der Waals surface area contributed by atoms with Crippen LogP contribution in [0.1, 0.15) is 16.7 Å². The van der Waals surface area contributed by atoms with Gasteiger partial charge in [-0.1, -0.05) is 42.5 Å². The van der Waals surface area contributed by atoms with E-state index in [0.29, 0.717) is 5.56 Å². The summed E-state index contributed by atoms with van der Waals surface area (Å²) in [6.07, 6.45) is 1.96. The smallest absolute Gasteiger partial charge is 0.326 e. The molecule has 0 fully saturated rings. The van der Waals surface area contributed by atoms with Gasteiger partial charge in [0.2, 0.25) is 11.8 Å². The number of carbonyl (C=O) groups excluding carboxylic acids is 2. The summed E-state index contributed by atoms with van der Waals surface area (Å²) >= 11 is 0. The van der Waals surface area contributed by atoms with Crippen LogP contribution < -0.4 is 16.4 Å². The van der Waals surface area contributed by atoms with Gasteiger partial charge in [-0.25, -0.2) is 4.79 Å². The summed E-state index contributed by atoms with van der Waals surface area (Å²) in [6.45, 7) is 0. The molecular weight excluding hydrogens is 500 g/mol. The molecule has 4 rings (SSSR count). The second-order valence-electron chi connectivity index (χ2n) is 9.37. The predicted octanol–water partition coefficient (Wildman–Crippen LogP) is 1.99. The van der Waals surface area contributed by atoms with Gasteiger partial charge in [0.05, 0.1) is 6.04 Å². The molecule has 1 aromatic heterocycles. The van der Waals surface area contributed by atoms with Crippen molar-refractivity contribution >= 4 is 28.7 Å². The maximum absolute atomic E-state index is 13.4. The van der Waals surface area contributed by atoms with Crippen LogP contribution in [0.5, 0.6) is 11.5 Å². The fraction of sp³-hybridized carbons (Fsp3) is 0.207. The number of hydrogen-bond acceptors (Lipinski definition) is 6. The van der Waals surface area contributed by atoms with Gasteiger partial charge in [0.25, 0.3) is 0 Å². The van der Waals surface area contributed by atoms with E-state index in [2.05, 4.69) is 15.6 Å². The number of nitrogens with one attached hydrogen (secondary N) is 3. The molecule has 0 bridgehead atoms. The lowest BCUT2D eigenvalue weighted by molar-refractivity contribution is -0.142. The molecule has 8 N–H and O–H groups in total. The lowest BCUT2D eigenvalue weighted by atomic mass is 10.0. The van der Waals surface area contributed by atoms with E-state index < -0.39 is 35.9 Å². The number of fused-ring (bicyclic) bond motifs is 1. The van der Waals surface area contributed by atoms with E-state index in [1.165, 1.54) is 24.3 Å². The first-order valence-corrected chi connectivity index (χ1v) is 12.4. The Kier molecular flexibility index (Phi) is 8.47. The van der Waals surface area contributed by atoms with Crippen molar-refractivity contribution in [1.29, 1.82) is 0 Å². The zero-order valence-electron chi connectivity index (χ0n) is 21.0. The van der Waals surface area contributed by atoms with Crippen LogP contribution in [0.15, 0.2) is 79.0 Å². The highest BCUT2D eigenvalue weighted by molar-refractivity contribution is 5.92. The molecule has 0 aliphatic heterocycles. The summed E-state index contributed by atoms with van der Waals surface area (Å²) in [5.41, 5.74) is 9.05.